The molecule has 2 aromatic rings. The summed E-state index contributed by atoms with van der Waals surface area (Å²) < 4.78 is 1.56. The van der Waals surface area contributed by atoms with E-state index in [-0.39, 0.29) is 5.69 Å². The Morgan fingerprint density at radius 3 is 2.58 bits per heavy atom. The van der Waals surface area contributed by atoms with Gasteiger partial charge in [0.25, 0.3) is 5.91 Å². The lowest BCUT2D eigenvalue weighted by atomic mass is 10.3. The number of hydrogen-bond donors (Lipinski definition) is 2. The van der Waals surface area contributed by atoms with E-state index in [2.05, 4.69) is 10.4 Å². The predicted octanol–water partition coefficient (Wildman–Crippen LogP) is 1.08. The van der Waals surface area contributed by atoms with Gasteiger partial charge in [0.1, 0.15) is 6.04 Å². The van der Waals surface area contributed by atoms with Crippen molar-refractivity contribution in [3.05, 3.63) is 48.3 Å². The fraction of sp³-hybridized carbons (Fsp3) is 0.154. The highest BCUT2D eigenvalue weighted by Crippen LogP contribution is 2.06. The average molecular weight is 259 g/mol. The van der Waals surface area contributed by atoms with Crippen molar-refractivity contribution in [2.75, 3.05) is 0 Å². The number of benzene rings is 1. The summed E-state index contributed by atoms with van der Waals surface area (Å²) in [5.41, 5.74) is 1.00. The van der Waals surface area contributed by atoms with Gasteiger partial charge >= 0.3 is 5.97 Å². The molecule has 1 atom stereocenters. The summed E-state index contributed by atoms with van der Waals surface area (Å²) in [6.07, 6.45) is 1.65. The van der Waals surface area contributed by atoms with Crippen molar-refractivity contribution < 1.29 is 14.7 Å². The lowest BCUT2D eigenvalue weighted by Gasteiger charge is -2.07. The first-order chi connectivity index (χ1) is 9.08. The van der Waals surface area contributed by atoms with Gasteiger partial charge in [0.05, 0.1) is 5.69 Å². The van der Waals surface area contributed by atoms with Crippen molar-refractivity contribution in [3.8, 4) is 5.69 Å². The number of carbonyl (C=O) groups is 2. The molecule has 6 nitrogen and oxygen atoms in total. The Balaban J connectivity index is 2.13. The summed E-state index contributed by atoms with van der Waals surface area (Å²) in [4.78, 5) is 22.4. The number of hydrogen-bond acceptors (Lipinski definition) is 3. The fourth-order valence-corrected chi connectivity index (χ4v) is 1.50. The normalized spacial score (nSPS) is 11.8. The largest absolute Gasteiger partial charge is 0.480 e. The van der Waals surface area contributed by atoms with Crippen LogP contribution in [0.15, 0.2) is 42.6 Å². The summed E-state index contributed by atoms with van der Waals surface area (Å²) in [5.74, 6) is -1.60. The molecule has 0 spiro atoms. The third kappa shape index (κ3) is 2.98. The van der Waals surface area contributed by atoms with Crippen LogP contribution < -0.4 is 5.32 Å². The van der Waals surface area contributed by atoms with E-state index in [1.807, 2.05) is 30.3 Å². The Kier molecular flexibility index (Phi) is 3.61. The Hall–Kier alpha value is -2.63. The van der Waals surface area contributed by atoms with E-state index >= 15 is 0 Å². The van der Waals surface area contributed by atoms with Crippen LogP contribution in [0.2, 0.25) is 0 Å². The maximum atomic E-state index is 11.8. The van der Waals surface area contributed by atoms with Crippen molar-refractivity contribution in [3.63, 3.8) is 0 Å². The van der Waals surface area contributed by atoms with Gasteiger partial charge in [-0.15, -0.1) is 0 Å². The molecule has 0 aliphatic rings. The molecule has 0 aliphatic carbocycles. The van der Waals surface area contributed by atoms with Gasteiger partial charge in [-0.25, -0.2) is 4.68 Å². The molecular formula is C13H13N3O3. The number of aromatic nitrogens is 2. The van der Waals surface area contributed by atoms with Gasteiger partial charge in [0.15, 0.2) is 5.69 Å². The van der Waals surface area contributed by atoms with Crippen LogP contribution in [-0.4, -0.2) is 32.8 Å². The standard InChI is InChI=1S/C13H13N3O3/c1-9(13(18)19)14-12(17)11-7-8-16(15-11)10-5-3-2-4-6-10/h2-9H,1H3,(H,14,17)(H,18,19). The van der Waals surface area contributed by atoms with Crippen molar-refractivity contribution in [1.82, 2.24) is 15.1 Å². The maximum Gasteiger partial charge on any atom is 0.325 e. The molecule has 0 radical (unpaired) electrons. The first kappa shape index (κ1) is 12.8. The lowest BCUT2D eigenvalue weighted by Crippen LogP contribution is -2.38. The van der Waals surface area contributed by atoms with Crippen LogP contribution in [0.3, 0.4) is 0 Å². The Labute approximate surface area is 109 Å². The molecule has 6 heteroatoms. The zero-order valence-corrected chi connectivity index (χ0v) is 10.3. The minimum Gasteiger partial charge on any atom is -0.480 e. The highest BCUT2D eigenvalue weighted by atomic mass is 16.4. The smallest absolute Gasteiger partial charge is 0.325 e. The summed E-state index contributed by atoms with van der Waals surface area (Å²) in [6, 6.07) is 9.91. The molecule has 1 amide bonds. The van der Waals surface area contributed by atoms with E-state index in [1.54, 1.807) is 10.9 Å². The van der Waals surface area contributed by atoms with Crippen LogP contribution in [0.5, 0.6) is 0 Å². The predicted molar refractivity (Wildman–Crippen MR) is 68.1 cm³/mol. The molecule has 1 aromatic carbocycles. The van der Waals surface area contributed by atoms with E-state index in [1.165, 1.54) is 13.0 Å². The van der Waals surface area contributed by atoms with Crippen LogP contribution in [0.4, 0.5) is 0 Å². The molecule has 0 aliphatic heterocycles. The van der Waals surface area contributed by atoms with Crippen LogP contribution in [0.25, 0.3) is 5.69 Å². The minimum atomic E-state index is -1.09. The van der Waals surface area contributed by atoms with Crippen molar-refractivity contribution >= 4 is 11.9 Å². The molecule has 19 heavy (non-hydrogen) atoms. The average Bonchev–Trinajstić information content (AvgIpc) is 2.89. The number of rotatable bonds is 4. The van der Waals surface area contributed by atoms with E-state index in [9.17, 15) is 9.59 Å². The molecule has 1 unspecified atom stereocenters. The maximum absolute atomic E-state index is 11.8. The van der Waals surface area contributed by atoms with Crippen LogP contribution >= 0.6 is 0 Å². The second-order valence-corrected chi connectivity index (χ2v) is 4.01. The Morgan fingerprint density at radius 2 is 1.95 bits per heavy atom. The molecule has 0 fully saturated rings. The van der Waals surface area contributed by atoms with Gasteiger partial charge in [0, 0.05) is 6.20 Å². The first-order valence-electron chi connectivity index (χ1n) is 5.72. The number of carboxylic acids is 1. The number of amides is 1. The quantitative estimate of drug-likeness (QED) is 0.860. The van der Waals surface area contributed by atoms with Gasteiger partial charge in [-0.3, -0.25) is 9.59 Å². The van der Waals surface area contributed by atoms with E-state index < -0.39 is 17.9 Å². The molecule has 98 valence electrons. The number of nitrogens with zero attached hydrogens (tertiary/aromatic N) is 2. The number of aliphatic carboxylic acids is 1. The topological polar surface area (TPSA) is 84.2 Å². The summed E-state index contributed by atoms with van der Waals surface area (Å²) in [7, 11) is 0. The third-order valence-electron chi connectivity index (χ3n) is 2.56. The SMILES string of the molecule is CC(NC(=O)c1ccn(-c2ccccc2)n1)C(=O)O. The summed E-state index contributed by atoms with van der Waals surface area (Å²) >= 11 is 0. The summed E-state index contributed by atoms with van der Waals surface area (Å²) in [6.45, 7) is 1.40. The number of nitrogens with one attached hydrogen (secondary N) is 1. The van der Waals surface area contributed by atoms with E-state index in [4.69, 9.17) is 5.11 Å². The monoisotopic (exact) mass is 259 g/mol. The highest BCUT2D eigenvalue weighted by molar-refractivity contribution is 5.94. The van der Waals surface area contributed by atoms with Gasteiger partial charge in [-0.05, 0) is 25.1 Å². The molecule has 0 saturated carbocycles. The van der Waals surface area contributed by atoms with Crippen molar-refractivity contribution in [2.45, 2.75) is 13.0 Å². The molecular weight excluding hydrogens is 246 g/mol. The van der Waals surface area contributed by atoms with Crippen molar-refractivity contribution in [2.24, 2.45) is 0 Å². The number of carboxylic acid groups (broad SMARTS) is 1. The highest BCUT2D eigenvalue weighted by Gasteiger charge is 2.17. The van der Waals surface area contributed by atoms with Gasteiger partial charge in [-0.1, -0.05) is 18.2 Å². The number of carbonyl (C=O) groups excluding carboxylic acids is 1. The second-order valence-electron chi connectivity index (χ2n) is 4.01. The zero-order chi connectivity index (χ0) is 13.8. The van der Waals surface area contributed by atoms with Gasteiger partial charge < -0.3 is 10.4 Å². The fourth-order valence-electron chi connectivity index (χ4n) is 1.50. The van der Waals surface area contributed by atoms with Gasteiger partial charge in [0.2, 0.25) is 0 Å². The molecule has 1 aromatic heterocycles. The molecule has 0 bridgehead atoms. The molecule has 2 N–H and O–H groups in total. The van der Waals surface area contributed by atoms with Gasteiger partial charge in [-0.2, -0.15) is 5.10 Å². The second kappa shape index (κ2) is 5.34. The minimum absolute atomic E-state index is 0.178. The van der Waals surface area contributed by atoms with Crippen LogP contribution in [0, 0.1) is 0 Å². The van der Waals surface area contributed by atoms with E-state index in [0.29, 0.717) is 0 Å². The first-order valence-corrected chi connectivity index (χ1v) is 5.72. The van der Waals surface area contributed by atoms with Crippen LogP contribution in [0.1, 0.15) is 17.4 Å². The molecule has 0 saturated heterocycles. The lowest BCUT2D eigenvalue weighted by molar-refractivity contribution is -0.138. The van der Waals surface area contributed by atoms with E-state index in [0.717, 1.165) is 5.69 Å². The molecule has 1 heterocycles. The van der Waals surface area contributed by atoms with Crippen LogP contribution in [-0.2, 0) is 4.79 Å². The Morgan fingerprint density at radius 1 is 1.26 bits per heavy atom. The number of para-hydroxylation sites is 1. The molecule has 2 rings (SSSR count). The Bertz CT molecular complexity index is 592. The zero-order valence-electron chi connectivity index (χ0n) is 10.3. The van der Waals surface area contributed by atoms with Crippen molar-refractivity contribution in [1.29, 1.82) is 0 Å². The summed E-state index contributed by atoms with van der Waals surface area (Å²) in [5, 5.41) is 15.2. The third-order valence-corrected chi connectivity index (χ3v) is 2.56.